The first-order valence-corrected chi connectivity index (χ1v) is 7.63. The Morgan fingerprint density at radius 3 is 2.53 bits per heavy atom. The average Bonchev–Trinajstić information content (AvgIpc) is 2.45. The predicted molar refractivity (Wildman–Crippen MR) is 81.4 cm³/mol. The largest absolute Gasteiger partial charge is 0.354 e. The molecular weight excluding hydrogens is 258 g/mol. The predicted octanol–water partition coefficient (Wildman–Crippen LogP) is 4.44. The Kier molecular flexibility index (Phi) is 8.31. The lowest BCUT2D eigenvalue weighted by atomic mass is 10.1. The van der Waals surface area contributed by atoms with Gasteiger partial charge in [0, 0.05) is 13.0 Å². The number of carbonyl (C=O) groups excluding carboxylic acids is 1. The van der Waals surface area contributed by atoms with Crippen molar-refractivity contribution in [3.63, 3.8) is 0 Å². The molecule has 3 heteroatoms. The Morgan fingerprint density at radius 2 is 1.84 bits per heavy atom. The van der Waals surface area contributed by atoms with Crippen molar-refractivity contribution >= 4 is 17.5 Å². The first kappa shape index (κ1) is 16.0. The van der Waals surface area contributed by atoms with E-state index in [0.29, 0.717) is 13.0 Å². The van der Waals surface area contributed by atoms with Gasteiger partial charge in [0.1, 0.15) is 0 Å². The molecule has 1 rings (SSSR count). The molecule has 0 fully saturated rings. The SMILES string of the molecule is CCCCCCCC(=O)NCC(Cl)c1ccccc1. The lowest BCUT2D eigenvalue weighted by molar-refractivity contribution is -0.121. The summed E-state index contributed by atoms with van der Waals surface area (Å²) in [5, 5.41) is 2.75. The molecule has 0 bridgehead atoms. The molecule has 1 unspecified atom stereocenters. The standard InChI is InChI=1S/C16H24ClNO/c1-2-3-4-5-9-12-16(19)18-13-15(17)14-10-7-6-8-11-14/h6-8,10-11,15H,2-5,9,12-13H2,1H3,(H,18,19). The summed E-state index contributed by atoms with van der Waals surface area (Å²) in [6.45, 7) is 2.69. The quantitative estimate of drug-likeness (QED) is 0.526. The molecule has 0 saturated carbocycles. The van der Waals surface area contributed by atoms with E-state index >= 15 is 0 Å². The van der Waals surface area contributed by atoms with Crippen molar-refractivity contribution < 1.29 is 4.79 Å². The van der Waals surface area contributed by atoms with Crippen molar-refractivity contribution in [3.8, 4) is 0 Å². The second-order valence-corrected chi connectivity index (χ2v) is 5.37. The number of hydrogen-bond acceptors (Lipinski definition) is 1. The second kappa shape index (κ2) is 9.85. The zero-order chi connectivity index (χ0) is 13.9. The highest BCUT2D eigenvalue weighted by atomic mass is 35.5. The molecule has 0 aliphatic rings. The van der Waals surface area contributed by atoms with E-state index in [1.165, 1.54) is 19.3 Å². The number of halogens is 1. The molecule has 1 aromatic carbocycles. The molecule has 0 saturated heterocycles. The second-order valence-electron chi connectivity index (χ2n) is 4.85. The molecule has 0 aromatic heterocycles. The molecule has 0 radical (unpaired) electrons. The Bertz CT molecular complexity index is 353. The van der Waals surface area contributed by atoms with Crippen LogP contribution in [0.15, 0.2) is 30.3 Å². The fourth-order valence-corrected chi connectivity index (χ4v) is 2.18. The van der Waals surface area contributed by atoms with Crippen LogP contribution in [0.5, 0.6) is 0 Å². The third-order valence-corrected chi connectivity index (χ3v) is 3.55. The molecule has 0 aliphatic heterocycles. The monoisotopic (exact) mass is 281 g/mol. The molecule has 1 aromatic rings. The maximum atomic E-state index is 11.6. The van der Waals surface area contributed by atoms with Gasteiger partial charge >= 0.3 is 0 Å². The molecule has 0 heterocycles. The van der Waals surface area contributed by atoms with Gasteiger partial charge in [-0.15, -0.1) is 11.6 Å². The third kappa shape index (κ3) is 7.22. The van der Waals surface area contributed by atoms with E-state index < -0.39 is 0 Å². The van der Waals surface area contributed by atoms with Crippen LogP contribution in [0, 0.1) is 0 Å². The fraction of sp³-hybridized carbons (Fsp3) is 0.562. The normalized spacial score (nSPS) is 12.1. The number of alkyl halides is 1. The lowest BCUT2D eigenvalue weighted by Crippen LogP contribution is -2.26. The molecule has 0 aliphatic carbocycles. The number of amides is 1. The zero-order valence-corrected chi connectivity index (χ0v) is 12.5. The van der Waals surface area contributed by atoms with Gasteiger partial charge in [-0.3, -0.25) is 4.79 Å². The number of benzene rings is 1. The number of hydrogen-bond donors (Lipinski definition) is 1. The third-order valence-electron chi connectivity index (χ3n) is 3.15. The van der Waals surface area contributed by atoms with Crippen LogP contribution in [0.3, 0.4) is 0 Å². The number of rotatable bonds is 9. The van der Waals surface area contributed by atoms with Gasteiger partial charge in [-0.1, -0.05) is 62.9 Å². The molecule has 106 valence electrons. The van der Waals surface area contributed by atoms with Crippen molar-refractivity contribution in [1.29, 1.82) is 0 Å². The van der Waals surface area contributed by atoms with Crippen LogP contribution in [-0.2, 0) is 4.79 Å². The van der Waals surface area contributed by atoms with E-state index in [0.717, 1.165) is 18.4 Å². The summed E-state index contributed by atoms with van der Waals surface area (Å²) in [7, 11) is 0. The lowest BCUT2D eigenvalue weighted by Gasteiger charge is -2.11. The number of unbranched alkanes of at least 4 members (excludes halogenated alkanes) is 4. The summed E-state index contributed by atoms with van der Waals surface area (Å²) in [5.41, 5.74) is 1.05. The van der Waals surface area contributed by atoms with Crippen molar-refractivity contribution in [2.75, 3.05) is 6.54 Å². The molecule has 0 spiro atoms. The Balaban J connectivity index is 2.13. The first-order chi connectivity index (χ1) is 9.24. The summed E-state index contributed by atoms with van der Waals surface area (Å²) in [5.74, 6) is 0.109. The molecule has 1 N–H and O–H groups in total. The average molecular weight is 282 g/mol. The summed E-state index contributed by atoms with van der Waals surface area (Å²) in [6, 6.07) is 9.84. The topological polar surface area (TPSA) is 29.1 Å². The van der Waals surface area contributed by atoms with E-state index in [2.05, 4.69) is 12.2 Å². The summed E-state index contributed by atoms with van der Waals surface area (Å²) < 4.78 is 0. The van der Waals surface area contributed by atoms with Crippen LogP contribution < -0.4 is 5.32 Å². The highest BCUT2D eigenvalue weighted by Gasteiger charge is 2.08. The van der Waals surface area contributed by atoms with Gasteiger partial charge in [-0.25, -0.2) is 0 Å². The van der Waals surface area contributed by atoms with Crippen LogP contribution in [0.25, 0.3) is 0 Å². The van der Waals surface area contributed by atoms with Gasteiger partial charge in [0.05, 0.1) is 5.38 Å². The Morgan fingerprint density at radius 1 is 1.16 bits per heavy atom. The van der Waals surface area contributed by atoms with Crippen molar-refractivity contribution in [2.45, 2.75) is 50.8 Å². The number of carbonyl (C=O) groups is 1. The maximum absolute atomic E-state index is 11.6. The van der Waals surface area contributed by atoms with E-state index in [1.807, 2.05) is 30.3 Å². The van der Waals surface area contributed by atoms with Gasteiger partial charge in [0.15, 0.2) is 0 Å². The van der Waals surface area contributed by atoms with Crippen LogP contribution in [0.2, 0.25) is 0 Å². The summed E-state index contributed by atoms with van der Waals surface area (Å²) in [6.07, 6.45) is 6.46. The van der Waals surface area contributed by atoms with Gasteiger partial charge in [0.25, 0.3) is 0 Å². The fourth-order valence-electron chi connectivity index (χ4n) is 1.96. The van der Waals surface area contributed by atoms with Crippen molar-refractivity contribution in [1.82, 2.24) is 5.32 Å². The summed E-state index contributed by atoms with van der Waals surface area (Å²) >= 11 is 6.24. The van der Waals surface area contributed by atoms with Crippen LogP contribution in [0.1, 0.15) is 56.4 Å². The van der Waals surface area contributed by atoms with E-state index in [4.69, 9.17) is 11.6 Å². The minimum atomic E-state index is -0.148. The van der Waals surface area contributed by atoms with E-state index in [9.17, 15) is 4.79 Å². The molecule has 1 atom stereocenters. The molecule has 2 nitrogen and oxygen atoms in total. The van der Waals surface area contributed by atoms with Gasteiger partial charge in [0.2, 0.25) is 5.91 Å². The summed E-state index contributed by atoms with van der Waals surface area (Å²) in [4.78, 5) is 11.6. The van der Waals surface area contributed by atoms with Crippen LogP contribution >= 0.6 is 11.6 Å². The zero-order valence-electron chi connectivity index (χ0n) is 11.7. The van der Waals surface area contributed by atoms with Crippen molar-refractivity contribution in [3.05, 3.63) is 35.9 Å². The van der Waals surface area contributed by atoms with Gasteiger partial charge < -0.3 is 5.32 Å². The highest BCUT2D eigenvalue weighted by molar-refractivity contribution is 6.21. The Labute approximate surface area is 121 Å². The first-order valence-electron chi connectivity index (χ1n) is 7.19. The van der Waals surface area contributed by atoms with E-state index in [-0.39, 0.29) is 11.3 Å². The number of nitrogens with one attached hydrogen (secondary N) is 1. The highest BCUT2D eigenvalue weighted by Crippen LogP contribution is 2.18. The molecule has 19 heavy (non-hydrogen) atoms. The maximum Gasteiger partial charge on any atom is 0.220 e. The van der Waals surface area contributed by atoms with Crippen molar-refractivity contribution in [2.24, 2.45) is 0 Å². The Hall–Kier alpha value is -1.02. The van der Waals surface area contributed by atoms with Crippen LogP contribution in [0.4, 0.5) is 0 Å². The smallest absolute Gasteiger partial charge is 0.220 e. The van der Waals surface area contributed by atoms with E-state index in [1.54, 1.807) is 0 Å². The molecular formula is C16H24ClNO. The van der Waals surface area contributed by atoms with Gasteiger partial charge in [-0.05, 0) is 12.0 Å². The minimum absolute atomic E-state index is 0.109. The van der Waals surface area contributed by atoms with Crippen LogP contribution in [-0.4, -0.2) is 12.5 Å². The van der Waals surface area contributed by atoms with Gasteiger partial charge in [-0.2, -0.15) is 0 Å². The minimum Gasteiger partial charge on any atom is -0.354 e. The molecule has 1 amide bonds.